The van der Waals surface area contributed by atoms with Crippen molar-refractivity contribution in [1.29, 1.82) is 0 Å². The Hall–Kier alpha value is -2.05. The average Bonchev–Trinajstić information content (AvgIpc) is 2.98. The Bertz CT molecular complexity index is 1040. The van der Waals surface area contributed by atoms with Crippen LogP contribution in [0, 0.1) is 0 Å². The van der Waals surface area contributed by atoms with Crippen molar-refractivity contribution in [1.82, 2.24) is 0 Å². The molecule has 0 heterocycles. The molecule has 0 amide bonds. The Labute approximate surface area is 173 Å². The highest BCUT2D eigenvalue weighted by Gasteiger charge is 2.43. The van der Waals surface area contributed by atoms with E-state index in [4.69, 9.17) is 11.6 Å². The van der Waals surface area contributed by atoms with Gasteiger partial charge in [0.05, 0.1) is 0 Å². The topological polar surface area (TPSA) is 0 Å². The van der Waals surface area contributed by atoms with Crippen LogP contribution in [0.2, 0.25) is 5.02 Å². The van der Waals surface area contributed by atoms with E-state index >= 15 is 0 Å². The zero-order valence-electron chi connectivity index (χ0n) is 16.8. The predicted molar refractivity (Wildman–Crippen MR) is 120 cm³/mol. The van der Waals surface area contributed by atoms with E-state index < -0.39 is 0 Å². The van der Waals surface area contributed by atoms with E-state index in [0.29, 0.717) is 5.92 Å². The van der Waals surface area contributed by atoms with Crippen LogP contribution in [0.25, 0.3) is 22.3 Å². The van der Waals surface area contributed by atoms with Gasteiger partial charge in [-0.2, -0.15) is 0 Å². The molecule has 2 aliphatic carbocycles. The van der Waals surface area contributed by atoms with Gasteiger partial charge in [0, 0.05) is 10.4 Å². The fourth-order valence-electron chi connectivity index (χ4n) is 5.60. The summed E-state index contributed by atoms with van der Waals surface area (Å²) >= 11 is 6.40. The van der Waals surface area contributed by atoms with Gasteiger partial charge in [-0.25, -0.2) is 0 Å². The van der Waals surface area contributed by atoms with Crippen molar-refractivity contribution in [2.45, 2.75) is 57.3 Å². The van der Waals surface area contributed by atoms with Crippen LogP contribution in [-0.2, 0) is 5.41 Å². The maximum atomic E-state index is 6.40. The molecule has 5 rings (SSSR count). The SMILES string of the molecule is CC(C)c1ccc(Cl)cc1-c1ccc2c(c1)C1(CCCCC1)c1ccccc1-2. The van der Waals surface area contributed by atoms with Gasteiger partial charge in [0.15, 0.2) is 0 Å². The van der Waals surface area contributed by atoms with Gasteiger partial charge in [0.2, 0.25) is 0 Å². The van der Waals surface area contributed by atoms with Gasteiger partial charge in [-0.1, -0.05) is 87.2 Å². The van der Waals surface area contributed by atoms with Crippen molar-refractivity contribution in [2.75, 3.05) is 0 Å². The summed E-state index contributed by atoms with van der Waals surface area (Å²) in [5.74, 6) is 0.473. The molecular formula is C27H27Cl. The highest BCUT2D eigenvalue weighted by Crippen LogP contribution is 2.56. The maximum absolute atomic E-state index is 6.40. The lowest BCUT2D eigenvalue weighted by Crippen LogP contribution is -2.28. The second-order valence-electron chi connectivity index (χ2n) is 8.83. The lowest BCUT2D eigenvalue weighted by atomic mass is 9.67. The lowest BCUT2D eigenvalue weighted by molar-refractivity contribution is 0.353. The number of fused-ring (bicyclic) bond motifs is 5. The molecule has 1 heteroatoms. The standard InChI is InChI=1S/C27H27Cl/c1-18(2)21-13-11-20(28)17-24(21)19-10-12-23-22-8-4-5-9-25(22)27(26(23)16-19)14-6-3-7-15-27/h4-5,8-13,16-18H,3,6-7,14-15H2,1-2H3. The first-order valence-electron chi connectivity index (χ1n) is 10.6. The van der Waals surface area contributed by atoms with Crippen LogP contribution >= 0.6 is 11.6 Å². The molecule has 0 radical (unpaired) electrons. The van der Waals surface area contributed by atoms with E-state index in [1.165, 1.54) is 59.9 Å². The average molecular weight is 387 g/mol. The Balaban J connectivity index is 1.73. The Morgan fingerprint density at radius 2 is 1.50 bits per heavy atom. The van der Waals surface area contributed by atoms with Gasteiger partial charge < -0.3 is 0 Å². The molecule has 3 aromatic rings. The smallest absolute Gasteiger partial charge is 0.0412 e. The third-order valence-electron chi connectivity index (χ3n) is 6.92. The summed E-state index contributed by atoms with van der Waals surface area (Å²) in [5, 5.41) is 0.815. The minimum Gasteiger partial charge on any atom is -0.0843 e. The molecule has 1 saturated carbocycles. The molecule has 28 heavy (non-hydrogen) atoms. The minimum absolute atomic E-state index is 0.205. The van der Waals surface area contributed by atoms with Gasteiger partial charge in [-0.15, -0.1) is 0 Å². The molecule has 1 fully saturated rings. The molecule has 142 valence electrons. The summed E-state index contributed by atoms with van der Waals surface area (Å²) in [5.41, 5.74) is 10.2. The summed E-state index contributed by atoms with van der Waals surface area (Å²) in [6.07, 6.45) is 6.56. The molecule has 0 N–H and O–H groups in total. The molecule has 0 aliphatic heterocycles. The number of hydrogen-bond donors (Lipinski definition) is 0. The summed E-state index contributed by atoms with van der Waals surface area (Å²) in [4.78, 5) is 0. The van der Waals surface area contributed by atoms with Gasteiger partial charge in [0.25, 0.3) is 0 Å². The second-order valence-corrected chi connectivity index (χ2v) is 9.27. The molecule has 0 atom stereocenters. The summed E-state index contributed by atoms with van der Waals surface area (Å²) in [6.45, 7) is 4.52. The Morgan fingerprint density at radius 3 is 2.29 bits per heavy atom. The van der Waals surface area contributed by atoms with Crippen LogP contribution in [0.3, 0.4) is 0 Å². The summed E-state index contributed by atoms with van der Waals surface area (Å²) < 4.78 is 0. The highest BCUT2D eigenvalue weighted by molar-refractivity contribution is 6.30. The molecule has 0 saturated heterocycles. The first-order chi connectivity index (χ1) is 13.6. The van der Waals surface area contributed by atoms with Gasteiger partial charge >= 0.3 is 0 Å². The van der Waals surface area contributed by atoms with Crippen molar-refractivity contribution in [2.24, 2.45) is 0 Å². The van der Waals surface area contributed by atoms with Crippen molar-refractivity contribution in [3.05, 3.63) is 82.4 Å². The number of halogens is 1. The van der Waals surface area contributed by atoms with Gasteiger partial charge in [-0.3, -0.25) is 0 Å². The monoisotopic (exact) mass is 386 g/mol. The van der Waals surface area contributed by atoms with E-state index in [1.54, 1.807) is 11.1 Å². The van der Waals surface area contributed by atoms with Gasteiger partial charge in [-0.05, 0) is 75.9 Å². The summed E-state index contributed by atoms with van der Waals surface area (Å²) in [6, 6.07) is 22.6. The zero-order chi connectivity index (χ0) is 19.3. The maximum Gasteiger partial charge on any atom is 0.0412 e. The molecule has 1 spiro atoms. The molecular weight excluding hydrogens is 360 g/mol. The van der Waals surface area contributed by atoms with Crippen LogP contribution in [0.15, 0.2) is 60.7 Å². The van der Waals surface area contributed by atoms with Crippen molar-refractivity contribution in [3.8, 4) is 22.3 Å². The van der Waals surface area contributed by atoms with E-state index in [1.807, 2.05) is 6.07 Å². The number of benzene rings is 3. The molecule has 0 unspecified atom stereocenters. The number of hydrogen-bond acceptors (Lipinski definition) is 0. The molecule has 0 bridgehead atoms. The fraction of sp³-hybridized carbons (Fsp3) is 0.333. The Morgan fingerprint density at radius 1 is 0.750 bits per heavy atom. The van der Waals surface area contributed by atoms with Crippen molar-refractivity contribution >= 4 is 11.6 Å². The summed E-state index contributed by atoms with van der Waals surface area (Å²) in [7, 11) is 0. The van der Waals surface area contributed by atoms with E-state index in [9.17, 15) is 0 Å². The van der Waals surface area contributed by atoms with Crippen LogP contribution in [0.1, 0.15) is 68.6 Å². The molecule has 2 aliphatic rings. The van der Waals surface area contributed by atoms with E-state index in [2.05, 4.69) is 68.4 Å². The highest BCUT2D eigenvalue weighted by atomic mass is 35.5. The predicted octanol–water partition coefficient (Wildman–Crippen LogP) is 8.36. The van der Waals surface area contributed by atoms with Crippen LogP contribution in [-0.4, -0.2) is 0 Å². The van der Waals surface area contributed by atoms with Crippen molar-refractivity contribution < 1.29 is 0 Å². The van der Waals surface area contributed by atoms with E-state index in [0.717, 1.165) is 5.02 Å². The van der Waals surface area contributed by atoms with Gasteiger partial charge in [0.1, 0.15) is 0 Å². The first kappa shape index (κ1) is 18.0. The minimum atomic E-state index is 0.205. The zero-order valence-corrected chi connectivity index (χ0v) is 17.5. The molecule has 0 nitrogen and oxygen atoms in total. The van der Waals surface area contributed by atoms with Crippen LogP contribution in [0.4, 0.5) is 0 Å². The van der Waals surface area contributed by atoms with E-state index in [-0.39, 0.29) is 5.41 Å². The first-order valence-corrected chi connectivity index (χ1v) is 11.0. The Kier molecular flexibility index (Phi) is 4.36. The second kappa shape index (κ2) is 6.78. The third kappa shape index (κ3) is 2.65. The van der Waals surface area contributed by atoms with Crippen molar-refractivity contribution in [3.63, 3.8) is 0 Å². The normalized spacial score (nSPS) is 17.0. The molecule has 3 aromatic carbocycles. The fourth-order valence-corrected chi connectivity index (χ4v) is 5.77. The third-order valence-corrected chi connectivity index (χ3v) is 7.16. The quantitative estimate of drug-likeness (QED) is 0.415. The lowest BCUT2D eigenvalue weighted by Gasteiger charge is -2.36. The van der Waals surface area contributed by atoms with Crippen LogP contribution < -0.4 is 0 Å². The molecule has 0 aromatic heterocycles. The largest absolute Gasteiger partial charge is 0.0843 e. The number of rotatable bonds is 2. The van der Waals surface area contributed by atoms with Crippen LogP contribution in [0.5, 0.6) is 0 Å².